The van der Waals surface area contributed by atoms with Crippen LogP contribution in [0.2, 0.25) is 0 Å². The lowest BCUT2D eigenvalue weighted by Gasteiger charge is -2.38. The van der Waals surface area contributed by atoms with E-state index >= 15 is 0 Å². The molecule has 3 atom stereocenters. The number of allylic oxidation sites excluding steroid dienone is 2. The van der Waals surface area contributed by atoms with Crippen LogP contribution in [0.15, 0.2) is 48.6 Å². The van der Waals surface area contributed by atoms with Gasteiger partial charge in [0.05, 0.1) is 13.2 Å². The van der Waals surface area contributed by atoms with E-state index in [0.29, 0.717) is 11.7 Å². The van der Waals surface area contributed by atoms with Crippen molar-refractivity contribution in [3.8, 4) is 11.5 Å². The molecule has 1 amide bonds. The monoisotopic (exact) mass is 420 g/mol. The average molecular weight is 421 g/mol. The van der Waals surface area contributed by atoms with Crippen LogP contribution in [-0.2, 0) is 0 Å². The lowest BCUT2D eigenvalue weighted by molar-refractivity contribution is 0.0755. The summed E-state index contributed by atoms with van der Waals surface area (Å²) in [6, 6.07) is 11.8. The van der Waals surface area contributed by atoms with Crippen molar-refractivity contribution >= 4 is 11.6 Å². The predicted molar refractivity (Wildman–Crippen MR) is 124 cm³/mol. The molecular weight excluding hydrogens is 388 g/mol. The van der Waals surface area contributed by atoms with Gasteiger partial charge in [-0.05, 0) is 66.6 Å². The SMILES string of the molecule is CCCN(CCC)C(=O)c1ccc2c(c1)C1C=CCC1C(c1ccc(O)c(OC)c1)N2. The molecular formula is C26H32N2O3. The van der Waals surface area contributed by atoms with E-state index in [2.05, 4.69) is 37.4 Å². The van der Waals surface area contributed by atoms with Crippen molar-refractivity contribution in [2.45, 2.75) is 45.1 Å². The number of benzene rings is 2. The molecule has 2 aliphatic rings. The van der Waals surface area contributed by atoms with Gasteiger partial charge in [0, 0.05) is 30.3 Å². The molecule has 0 bridgehead atoms. The lowest BCUT2D eigenvalue weighted by Crippen LogP contribution is -2.33. The highest BCUT2D eigenvalue weighted by molar-refractivity contribution is 5.95. The van der Waals surface area contributed by atoms with Crippen LogP contribution in [0.25, 0.3) is 0 Å². The molecule has 0 saturated heterocycles. The first kappa shape index (κ1) is 21.3. The maximum Gasteiger partial charge on any atom is 0.253 e. The first-order valence-corrected chi connectivity index (χ1v) is 11.3. The standard InChI is InChI=1S/C26H32N2O3/c1-4-13-28(14-5-2)26(30)18-9-11-22-21(15-18)19-7-6-8-20(19)25(27-22)17-10-12-23(29)24(16-17)31-3/h6-7,9-12,15-16,19-20,25,27,29H,4-5,8,13-14H2,1-3H3. The van der Waals surface area contributed by atoms with Crippen molar-refractivity contribution < 1.29 is 14.6 Å². The number of carbonyl (C=O) groups excluding carboxylic acids is 1. The molecule has 2 aromatic carbocycles. The van der Waals surface area contributed by atoms with Crippen molar-refractivity contribution in [3.63, 3.8) is 0 Å². The number of rotatable bonds is 7. The third-order valence-corrected chi connectivity index (χ3v) is 6.45. The van der Waals surface area contributed by atoms with E-state index in [1.54, 1.807) is 13.2 Å². The number of nitrogens with one attached hydrogen (secondary N) is 1. The normalized spacial score (nSPS) is 21.2. The summed E-state index contributed by atoms with van der Waals surface area (Å²) in [6.45, 7) is 5.80. The summed E-state index contributed by atoms with van der Waals surface area (Å²) in [7, 11) is 1.57. The zero-order valence-electron chi connectivity index (χ0n) is 18.6. The van der Waals surface area contributed by atoms with E-state index in [-0.39, 0.29) is 23.6 Å². The molecule has 5 heteroatoms. The molecule has 4 rings (SSSR count). The number of hydrogen-bond acceptors (Lipinski definition) is 4. The Morgan fingerprint density at radius 1 is 1.16 bits per heavy atom. The van der Waals surface area contributed by atoms with Gasteiger partial charge in [0.25, 0.3) is 5.91 Å². The Morgan fingerprint density at radius 3 is 2.65 bits per heavy atom. The number of aromatic hydroxyl groups is 1. The maximum atomic E-state index is 13.1. The van der Waals surface area contributed by atoms with Gasteiger partial charge in [0.15, 0.2) is 11.5 Å². The first-order chi connectivity index (χ1) is 15.1. The minimum Gasteiger partial charge on any atom is -0.504 e. The zero-order chi connectivity index (χ0) is 22.0. The third-order valence-electron chi connectivity index (χ3n) is 6.45. The number of ether oxygens (including phenoxy) is 1. The molecule has 0 aromatic heterocycles. The van der Waals surface area contributed by atoms with Gasteiger partial charge in [0.1, 0.15) is 0 Å². The van der Waals surface area contributed by atoms with Crippen LogP contribution >= 0.6 is 0 Å². The van der Waals surface area contributed by atoms with Crippen LogP contribution in [0.5, 0.6) is 11.5 Å². The Bertz CT molecular complexity index is 979. The Labute approximate surface area is 184 Å². The first-order valence-electron chi connectivity index (χ1n) is 11.3. The highest BCUT2D eigenvalue weighted by Gasteiger charge is 2.38. The van der Waals surface area contributed by atoms with Crippen LogP contribution in [0, 0.1) is 5.92 Å². The third kappa shape index (κ3) is 4.01. The minimum absolute atomic E-state index is 0.111. The Balaban J connectivity index is 1.66. The number of hydrogen-bond donors (Lipinski definition) is 2. The number of phenolic OH excluding ortho intramolecular Hbond substituents is 1. The van der Waals surface area contributed by atoms with Gasteiger partial charge < -0.3 is 20.1 Å². The summed E-state index contributed by atoms with van der Waals surface area (Å²) in [5, 5.41) is 13.7. The minimum atomic E-state index is 0.111. The predicted octanol–water partition coefficient (Wildman–Crippen LogP) is 5.49. The fraction of sp³-hybridized carbons (Fsp3) is 0.423. The second kappa shape index (κ2) is 9.04. The fourth-order valence-corrected chi connectivity index (χ4v) is 4.98. The summed E-state index contributed by atoms with van der Waals surface area (Å²) in [4.78, 5) is 15.1. The molecule has 0 spiro atoms. The van der Waals surface area contributed by atoms with Crippen LogP contribution in [-0.4, -0.2) is 36.1 Å². The highest BCUT2D eigenvalue weighted by atomic mass is 16.5. The largest absolute Gasteiger partial charge is 0.504 e. The Kier molecular flexibility index (Phi) is 6.21. The fourth-order valence-electron chi connectivity index (χ4n) is 4.98. The highest BCUT2D eigenvalue weighted by Crippen LogP contribution is 2.50. The van der Waals surface area contributed by atoms with E-state index in [1.165, 1.54) is 5.56 Å². The molecule has 2 N–H and O–H groups in total. The van der Waals surface area contributed by atoms with Crippen molar-refractivity contribution in [2.75, 3.05) is 25.5 Å². The van der Waals surface area contributed by atoms with Crippen LogP contribution in [0.4, 0.5) is 5.69 Å². The van der Waals surface area contributed by atoms with Crippen molar-refractivity contribution in [1.82, 2.24) is 4.90 Å². The van der Waals surface area contributed by atoms with Crippen LogP contribution in [0.1, 0.15) is 66.6 Å². The molecule has 31 heavy (non-hydrogen) atoms. The van der Waals surface area contributed by atoms with Crippen LogP contribution in [0.3, 0.4) is 0 Å². The number of methoxy groups -OCH3 is 1. The summed E-state index contributed by atoms with van der Waals surface area (Å²) < 4.78 is 5.33. The second-order valence-electron chi connectivity index (χ2n) is 8.50. The zero-order valence-corrected chi connectivity index (χ0v) is 18.6. The molecule has 0 fully saturated rings. The Morgan fingerprint density at radius 2 is 1.94 bits per heavy atom. The number of fused-ring (bicyclic) bond motifs is 3. The van der Waals surface area contributed by atoms with E-state index in [9.17, 15) is 9.90 Å². The number of amides is 1. The molecule has 0 saturated carbocycles. The molecule has 2 aromatic rings. The maximum absolute atomic E-state index is 13.1. The van der Waals surface area contributed by atoms with Crippen molar-refractivity contribution in [1.29, 1.82) is 0 Å². The van der Waals surface area contributed by atoms with Gasteiger partial charge in [-0.3, -0.25) is 4.79 Å². The molecule has 0 radical (unpaired) electrons. The van der Waals surface area contributed by atoms with Gasteiger partial charge in [0.2, 0.25) is 0 Å². The topological polar surface area (TPSA) is 61.8 Å². The molecule has 164 valence electrons. The van der Waals surface area contributed by atoms with E-state index in [0.717, 1.165) is 49.2 Å². The Hall–Kier alpha value is -2.95. The van der Waals surface area contributed by atoms with Gasteiger partial charge in [-0.25, -0.2) is 0 Å². The number of phenols is 1. The summed E-state index contributed by atoms with van der Waals surface area (Å²) in [5.74, 6) is 1.38. The van der Waals surface area contributed by atoms with Crippen molar-refractivity contribution in [2.24, 2.45) is 5.92 Å². The average Bonchev–Trinajstić information content (AvgIpc) is 3.28. The summed E-state index contributed by atoms with van der Waals surface area (Å²) in [6.07, 6.45) is 7.42. The molecule has 1 heterocycles. The number of carbonyl (C=O) groups is 1. The van der Waals surface area contributed by atoms with Crippen molar-refractivity contribution in [3.05, 3.63) is 65.2 Å². The van der Waals surface area contributed by atoms with Crippen LogP contribution < -0.4 is 10.1 Å². The van der Waals surface area contributed by atoms with Gasteiger partial charge in [-0.1, -0.05) is 32.1 Å². The van der Waals surface area contributed by atoms with E-state index in [1.807, 2.05) is 29.2 Å². The van der Waals surface area contributed by atoms with Gasteiger partial charge in [-0.15, -0.1) is 0 Å². The smallest absolute Gasteiger partial charge is 0.253 e. The molecule has 5 nitrogen and oxygen atoms in total. The molecule has 1 aliphatic carbocycles. The quantitative estimate of drug-likeness (QED) is 0.582. The summed E-state index contributed by atoms with van der Waals surface area (Å²) >= 11 is 0. The lowest BCUT2D eigenvalue weighted by atomic mass is 9.76. The van der Waals surface area contributed by atoms with E-state index < -0.39 is 0 Å². The molecule has 3 unspecified atom stereocenters. The van der Waals surface area contributed by atoms with Gasteiger partial charge >= 0.3 is 0 Å². The van der Waals surface area contributed by atoms with Gasteiger partial charge in [-0.2, -0.15) is 0 Å². The number of anilines is 1. The molecule has 1 aliphatic heterocycles. The second-order valence-corrected chi connectivity index (χ2v) is 8.50. The van der Waals surface area contributed by atoms with E-state index in [4.69, 9.17) is 4.74 Å². The number of nitrogens with zero attached hydrogens (tertiary/aromatic N) is 1. The summed E-state index contributed by atoms with van der Waals surface area (Å²) in [5.41, 5.74) is 4.13.